The minimum atomic E-state index is 0.585. The Morgan fingerprint density at radius 1 is 1.17 bits per heavy atom. The summed E-state index contributed by atoms with van der Waals surface area (Å²) in [6, 6.07) is 5.71. The Labute approximate surface area is 110 Å². The van der Waals surface area contributed by atoms with Crippen molar-refractivity contribution in [3.05, 3.63) is 29.4 Å². The van der Waals surface area contributed by atoms with Crippen LogP contribution in [0.15, 0.2) is 24.4 Å². The molecule has 0 aliphatic carbocycles. The number of anilines is 2. The van der Waals surface area contributed by atoms with Crippen molar-refractivity contribution in [3.8, 4) is 0 Å². The first-order valence-electron chi connectivity index (χ1n) is 5.93. The molecule has 0 radical (unpaired) electrons. The van der Waals surface area contributed by atoms with E-state index in [1.165, 1.54) is 0 Å². The van der Waals surface area contributed by atoms with Crippen molar-refractivity contribution in [3.63, 3.8) is 0 Å². The highest BCUT2D eigenvalue weighted by Gasteiger charge is 2.16. The van der Waals surface area contributed by atoms with Crippen LogP contribution in [-0.2, 0) is 4.74 Å². The predicted octanol–water partition coefficient (Wildman–Crippen LogP) is 2.31. The van der Waals surface area contributed by atoms with Gasteiger partial charge in [-0.05, 0) is 18.2 Å². The SMILES string of the molecule is Nc1c(Cl)ccc2c(N3CCOCC3)nccc12. The second-order valence-electron chi connectivity index (χ2n) is 4.29. The van der Waals surface area contributed by atoms with Gasteiger partial charge in [-0.3, -0.25) is 0 Å². The van der Waals surface area contributed by atoms with Gasteiger partial charge in [0.2, 0.25) is 0 Å². The summed E-state index contributed by atoms with van der Waals surface area (Å²) in [5.41, 5.74) is 6.63. The number of hydrogen-bond acceptors (Lipinski definition) is 4. The van der Waals surface area contributed by atoms with E-state index in [1.807, 2.05) is 18.2 Å². The van der Waals surface area contributed by atoms with Crippen molar-refractivity contribution >= 4 is 33.9 Å². The van der Waals surface area contributed by atoms with Gasteiger partial charge >= 0.3 is 0 Å². The second kappa shape index (κ2) is 4.63. The number of aromatic nitrogens is 1. The molecule has 1 aliphatic rings. The van der Waals surface area contributed by atoms with Gasteiger partial charge in [0.1, 0.15) is 5.82 Å². The maximum Gasteiger partial charge on any atom is 0.136 e. The molecule has 5 heteroatoms. The van der Waals surface area contributed by atoms with Gasteiger partial charge < -0.3 is 15.4 Å². The molecule has 1 saturated heterocycles. The summed E-state index contributed by atoms with van der Waals surface area (Å²) in [5.74, 6) is 0.958. The third-order valence-electron chi connectivity index (χ3n) is 3.22. The molecule has 2 N–H and O–H groups in total. The average Bonchev–Trinajstić information content (AvgIpc) is 2.43. The van der Waals surface area contributed by atoms with E-state index in [2.05, 4.69) is 9.88 Å². The van der Waals surface area contributed by atoms with Crippen LogP contribution in [0.2, 0.25) is 5.02 Å². The van der Waals surface area contributed by atoms with Gasteiger partial charge in [0.15, 0.2) is 0 Å². The quantitative estimate of drug-likeness (QED) is 0.802. The van der Waals surface area contributed by atoms with E-state index in [-0.39, 0.29) is 0 Å². The molecule has 1 fully saturated rings. The van der Waals surface area contributed by atoms with Gasteiger partial charge in [0, 0.05) is 30.1 Å². The Kier molecular flexibility index (Phi) is 2.97. The van der Waals surface area contributed by atoms with Crippen molar-refractivity contribution in [1.29, 1.82) is 0 Å². The smallest absolute Gasteiger partial charge is 0.136 e. The molecule has 0 spiro atoms. The predicted molar refractivity (Wildman–Crippen MR) is 74.2 cm³/mol. The number of ether oxygens (including phenoxy) is 1. The summed E-state index contributed by atoms with van der Waals surface area (Å²) in [6.45, 7) is 3.19. The molecule has 0 unspecified atom stereocenters. The molecule has 1 aliphatic heterocycles. The lowest BCUT2D eigenvalue weighted by Gasteiger charge is -2.28. The van der Waals surface area contributed by atoms with Gasteiger partial charge in [-0.25, -0.2) is 4.98 Å². The lowest BCUT2D eigenvalue weighted by atomic mass is 10.1. The molecular weight excluding hydrogens is 250 g/mol. The lowest BCUT2D eigenvalue weighted by Crippen LogP contribution is -2.36. The fourth-order valence-corrected chi connectivity index (χ4v) is 2.43. The van der Waals surface area contributed by atoms with Crippen LogP contribution in [-0.4, -0.2) is 31.3 Å². The van der Waals surface area contributed by atoms with Crippen LogP contribution in [0.25, 0.3) is 10.8 Å². The van der Waals surface area contributed by atoms with Crippen LogP contribution < -0.4 is 10.6 Å². The Bertz CT molecular complexity index is 582. The minimum Gasteiger partial charge on any atom is -0.397 e. The molecule has 2 heterocycles. The molecule has 0 atom stereocenters. The molecule has 4 nitrogen and oxygen atoms in total. The van der Waals surface area contributed by atoms with Crippen LogP contribution in [0.4, 0.5) is 11.5 Å². The highest BCUT2D eigenvalue weighted by atomic mass is 35.5. The van der Waals surface area contributed by atoms with Crippen LogP contribution in [0.5, 0.6) is 0 Å². The van der Waals surface area contributed by atoms with Crippen molar-refractivity contribution in [1.82, 2.24) is 4.98 Å². The van der Waals surface area contributed by atoms with E-state index in [0.29, 0.717) is 10.7 Å². The first kappa shape index (κ1) is 11.6. The number of hydrogen-bond donors (Lipinski definition) is 1. The summed E-state index contributed by atoms with van der Waals surface area (Å²) in [6.07, 6.45) is 1.78. The maximum absolute atomic E-state index is 6.05. The molecule has 2 aromatic rings. The summed E-state index contributed by atoms with van der Waals surface area (Å²) < 4.78 is 5.36. The van der Waals surface area contributed by atoms with E-state index in [1.54, 1.807) is 6.20 Å². The molecule has 1 aromatic heterocycles. The first-order valence-corrected chi connectivity index (χ1v) is 6.30. The zero-order chi connectivity index (χ0) is 12.5. The number of morpholine rings is 1. The lowest BCUT2D eigenvalue weighted by molar-refractivity contribution is 0.122. The Balaban J connectivity index is 2.14. The monoisotopic (exact) mass is 263 g/mol. The van der Waals surface area contributed by atoms with Crippen molar-refractivity contribution in [2.75, 3.05) is 36.9 Å². The number of nitrogens with two attached hydrogens (primary N) is 1. The minimum absolute atomic E-state index is 0.585. The third-order valence-corrected chi connectivity index (χ3v) is 3.55. The van der Waals surface area contributed by atoms with Gasteiger partial charge in [-0.15, -0.1) is 0 Å². The highest BCUT2D eigenvalue weighted by Crippen LogP contribution is 2.33. The molecule has 3 rings (SSSR count). The van der Waals surface area contributed by atoms with Crippen LogP contribution in [0.3, 0.4) is 0 Å². The van der Waals surface area contributed by atoms with Crippen LogP contribution >= 0.6 is 11.6 Å². The maximum atomic E-state index is 6.05. The van der Waals surface area contributed by atoms with E-state index < -0.39 is 0 Å². The topological polar surface area (TPSA) is 51.4 Å². The Hall–Kier alpha value is -1.52. The number of rotatable bonds is 1. The molecule has 0 bridgehead atoms. The number of benzene rings is 1. The fourth-order valence-electron chi connectivity index (χ4n) is 2.26. The Morgan fingerprint density at radius 3 is 2.72 bits per heavy atom. The summed E-state index contributed by atoms with van der Waals surface area (Å²) in [5, 5.41) is 2.59. The van der Waals surface area contributed by atoms with E-state index in [0.717, 1.165) is 42.9 Å². The van der Waals surface area contributed by atoms with Gasteiger partial charge in [-0.2, -0.15) is 0 Å². The number of halogens is 1. The largest absolute Gasteiger partial charge is 0.397 e. The van der Waals surface area contributed by atoms with E-state index >= 15 is 0 Å². The average molecular weight is 264 g/mol. The standard InChI is InChI=1S/C13H14ClN3O/c14-11-2-1-10-9(12(11)15)3-4-16-13(10)17-5-7-18-8-6-17/h1-4H,5-8,15H2. The summed E-state index contributed by atoms with van der Waals surface area (Å²) in [4.78, 5) is 6.69. The van der Waals surface area contributed by atoms with E-state index in [9.17, 15) is 0 Å². The molecule has 18 heavy (non-hydrogen) atoms. The number of nitrogen functional groups attached to an aromatic ring is 1. The number of fused-ring (bicyclic) bond motifs is 1. The molecule has 94 valence electrons. The highest BCUT2D eigenvalue weighted by molar-refractivity contribution is 6.34. The second-order valence-corrected chi connectivity index (χ2v) is 4.70. The molecule has 1 aromatic carbocycles. The zero-order valence-corrected chi connectivity index (χ0v) is 10.7. The molecule has 0 amide bonds. The first-order chi connectivity index (χ1) is 8.77. The number of pyridine rings is 1. The normalized spacial score (nSPS) is 16.2. The van der Waals surface area contributed by atoms with Crippen molar-refractivity contribution in [2.24, 2.45) is 0 Å². The molecular formula is C13H14ClN3O. The molecule has 0 saturated carbocycles. The Morgan fingerprint density at radius 2 is 1.94 bits per heavy atom. The zero-order valence-electron chi connectivity index (χ0n) is 9.90. The van der Waals surface area contributed by atoms with Gasteiger partial charge in [0.05, 0.1) is 23.9 Å². The van der Waals surface area contributed by atoms with Gasteiger partial charge in [0.25, 0.3) is 0 Å². The van der Waals surface area contributed by atoms with Crippen LogP contribution in [0.1, 0.15) is 0 Å². The van der Waals surface area contributed by atoms with Crippen molar-refractivity contribution < 1.29 is 4.74 Å². The fraction of sp³-hybridized carbons (Fsp3) is 0.308. The summed E-state index contributed by atoms with van der Waals surface area (Å²) in [7, 11) is 0. The van der Waals surface area contributed by atoms with Crippen molar-refractivity contribution in [2.45, 2.75) is 0 Å². The third kappa shape index (κ3) is 1.87. The van der Waals surface area contributed by atoms with E-state index in [4.69, 9.17) is 22.1 Å². The number of nitrogens with zero attached hydrogens (tertiary/aromatic N) is 2. The van der Waals surface area contributed by atoms with Crippen LogP contribution in [0, 0.1) is 0 Å². The van der Waals surface area contributed by atoms with Gasteiger partial charge in [-0.1, -0.05) is 11.6 Å². The summed E-state index contributed by atoms with van der Waals surface area (Å²) >= 11 is 6.05.